The Hall–Kier alpha value is -0.690. The molecule has 0 amide bonds. The number of hydrogen-bond acceptors (Lipinski definition) is 3. The van der Waals surface area contributed by atoms with E-state index in [0.717, 1.165) is 11.8 Å². The molecule has 0 aliphatic heterocycles. The minimum absolute atomic E-state index is 0.122. The Morgan fingerprint density at radius 1 is 1.40 bits per heavy atom. The summed E-state index contributed by atoms with van der Waals surface area (Å²) in [6.45, 7) is 5.85. The number of halogens is 2. The summed E-state index contributed by atoms with van der Waals surface area (Å²) >= 11 is 5.99. The highest BCUT2D eigenvalue weighted by Crippen LogP contribution is 2.23. The molecule has 114 valence electrons. The van der Waals surface area contributed by atoms with Crippen molar-refractivity contribution in [1.82, 2.24) is 10.0 Å². The highest BCUT2D eigenvalue weighted by molar-refractivity contribution is 7.88. The maximum atomic E-state index is 13.0. The summed E-state index contributed by atoms with van der Waals surface area (Å²) in [4.78, 5) is 0. The van der Waals surface area contributed by atoms with E-state index < -0.39 is 15.6 Å². The first kappa shape index (κ1) is 17.4. The monoisotopic (exact) mass is 322 g/mol. The van der Waals surface area contributed by atoms with Crippen molar-refractivity contribution in [2.75, 3.05) is 12.8 Å². The van der Waals surface area contributed by atoms with Crippen LogP contribution in [0.5, 0.6) is 0 Å². The molecule has 4 nitrogen and oxygen atoms in total. The van der Waals surface area contributed by atoms with E-state index in [1.165, 1.54) is 12.1 Å². The Morgan fingerprint density at radius 2 is 2.00 bits per heavy atom. The van der Waals surface area contributed by atoms with Crippen molar-refractivity contribution in [1.29, 1.82) is 0 Å². The van der Waals surface area contributed by atoms with Gasteiger partial charge in [0.25, 0.3) is 0 Å². The van der Waals surface area contributed by atoms with Crippen molar-refractivity contribution in [3.8, 4) is 0 Å². The Bertz CT molecular complexity index is 576. The van der Waals surface area contributed by atoms with Crippen molar-refractivity contribution in [2.24, 2.45) is 0 Å². The molecular formula is C13H20ClFN2O2S. The summed E-state index contributed by atoms with van der Waals surface area (Å²) < 4.78 is 38.0. The molecular weight excluding hydrogens is 303 g/mol. The normalized spacial score (nSPS) is 14.3. The topological polar surface area (TPSA) is 58.2 Å². The van der Waals surface area contributed by atoms with Crippen molar-refractivity contribution in [3.05, 3.63) is 34.6 Å². The van der Waals surface area contributed by atoms with Crippen LogP contribution in [0.25, 0.3) is 0 Å². The third-order valence-corrected chi connectivity index (χ3v) is 3.99. The van der Waals surface area contributed by atoms with Gasteiger partial charge in [-0.1, -0.05) is 17.7 Å². The van der Waals surface area contributed by atoms with Gasteiger partial charge in [-0.2, -0.15) is 0 Å². The van der Waals surface area contributed by atoms with E-state index in [1.807, 2.05) is 6.92 Å². The van der Waals surface area contributed by atoms with Crippen LogP contribution in [0.1, 0.15) is 32.4 Å². The van der Waals surface area contributed by atoms with Gasteiger partial charge in [0.2, 0.25) is 10.0 Å². The van der Waals surface area contributed by atoms with Gasteiger partial charge in [0.15, 0.2) is 0 Å². The standard InChI is InChI=1S/C13H20ClFN2O2S/c1-9(11-6-5-10(15)7-12(11)14)16-8-13(2,3)17-20(4,18)19/h5-7,9,16-17H,8H2,1-4H3. The van der Waals surface area contributed by atoms with Crippen LogP contribution in [0.2, 0.25) is 5.02 Å². The molecule has 20 heavy (non-hydrogen) atoms. The first-order valence-electron chi connectivity index (χ1n) is 6.17. The van der Waals surface area contributed by atoms with Gasteiger partial charge < -0.3 is 5.32 Å². The predicted molar refractivity (Wildman–Crippen MR) is 79.9 cm³/mol. The summed E-state index contributed by atoms with van der Waals surface area (Å²) in [6, 6.07) is 4.10. The van der Waals surface area contributed by atoms with E-state index in [4.69, 9.17) is 11.6 Å². The quantitative estimate of drug-likeness (QED) is 0.846. The number of hydrogen-bond donors (Lipinski definition) is 2. The van der Waals surface area contributed by atoms with E-state index >= 15 is 0 Å². The molecule has 0 radical (unpaired) electrons. The molecule has 1 aromatic carbocycles. The second kappa shape index (κ2) is 6.39. The molecule has 0 aliphatic carbocycles. The first-order valence-corrected chi connectivity index (χ1v) is 8.44. The number of rotatable bonds is 6. The molecule has 0 aromatic heterocycles. The third kappa shape index (κ3) is 5.75. The second-order valence-corrected chi connectivity index (χ2v) is 7.68. The number of sulfonamides is 1. The summed E-state index contributed by atoms with van der Waals surface area (Å²) in [7, 11) is -3.27. The summed E-state index contributed by atoms with van der Waals surface area (Å²) in [5.41, 5.74) is 0.136. The van der Waals surface area contributed by atoms with Crippen LogP contribution < -0.4 is 10.0 Å². The van der Waals surface area contributed by atoms with E-state index in [0.29, 0.717) is 11.6 Å². The van der Waals surface area contributed by atoms with Crippen LogP contribution >= 0.6 is 11.6 Å². The van der Waals surface area contributed by atoms with Crippen LogP contribution in [-0.4, -0.2) is 26.8 Å². The molecule has 0 spiro atoms. The van der Waals surface area contributed by atoms with Crippen LogP contribution in [0.15, 0.2) is 18.2 Å². The fraction of sp³-hybridized carbons (Fsp3) is 0.538. The first-order chi connectivity index (χ1) is 9.00. The lowest BCUT2D eigenvalue weighted by Crippen LogP contribution is -2.50. The Morgan fingerprint density at radius 3 is 2.50 bits per heavy atom. The molecule has 0 fully saturated rings. The van der Waals surface area contributed by atoms with Crippen LogP contribution in [0.4, 0.5) is 4.39 Å². The molecule has 0 saturated heterocycles. The molecule has 0 aliphatic rings. The van der Waals surface area contributed by atoms with E-state index in [1.54, 1.807) is 19.9 Å². The summed E-state index contributed by atoms with van der Waals surface area (Å²) in [5, 5.41) is 3.53. The smallest absolute Gasteiger partial charge is 0.209 e. The molecule has 0 bridgehead atoms. The van der Waals surface area contributed by atoms with Crippen molar-refractivity contribution in [2.45, 2.75) is 32.4 Å². The minimum Gasteiger partial charge on any atom is -0.308 e. The Balaban J connectivity index is 2.69. The van der Waals surface area contributed by atoms with E-state index in [9.17, 15) is 12.8 Å². The molecule has 2 N–H and O–H groups in total. The third-order valence-electron chi connectivity index (χ3n) is 2.74. The maximum Gasteiger partial charge on any atom is 0.209 e. The number of benzene rings is 1. The average molecular weight is 323 g/mol. The van der Waals surface area contributed by atoms with Gasteiger partial charge in [-0.25, -0.2) is 17.5 Å². The Kier molecular flexibility index (Phi) is 5.54. The molecule has 1 atom stereocenters. The SMILES string of the molecule is CC(NCC(C)(C)NS(C)(=O)=O)c1ccc(F)cc1Cl. The lowest BCUT2D eigenvalue weighted by molar-refractivity contribution is 0.399. The minimum atomic E-state index is -3.27. The van der Waals surface area contributed by atoms with Gasteiger partial charge in [-0.3, -0.25) is 0 Å². The van der Waals surface area contributed by atoms with Crippen molar-refractivity contribution < 1.29 is 12.8 Å². The van der Waals surface area contributed by atoms with Gasteiger partial charge in [0.05, 0.1) is 6.26 Å². The average Bonchev–Trinajstić information content (AvgIpc) is 2.22. The lowest BCUT2D eigenvalue weighted by Gasteiger charge is -2.27. The number of nitrogens with one attached hydrogen (secondary N) is 2. The van der Waals surface area contributed by atoms with Crippen LogP contribution in [-0.2, 0) is 10.0 Å². The zero-order valence-electron chi connectivity index (χ0n) is 12.0. The highest BCUT2D eigenvalue weighted by atomic mass is 35.5. The molecule has 1 unspecified atom stereocenters. The zero-order chi connectivity index (χ0) is 15.6. The van der Waals surface area contributed by atoms with Crippen molar-refractivity contribution in [3.63, 3.8) is 0 Å². The van der Waals surface area contributed by atoms with Gasteiger partial charge in [0, 0.05) is 23.1 Å². The van der Waals surface area contributed by atoms with Gasteiger partial charge in [0.1, 0.15) is 5.82 Å². The molecule has 0 saturated carbocycles. The zero-order valence-corrected chi connectivity index (χ0v) is 13.6. The molecule has 1 aromatic rings. The summed E-state index contributed by atoms with van der Waals surface area (Å²) in [6.07, 6.45) is 1.12. The van der Waals surface area contributed by atoms with Crippen LogP contribution in [0, 0.1) is 5.82 Å². The fourth-order valence-electron chi connectivity index (χ4n) is 1.91. The molecule has 0 heterocycles. The van der Waals surface area contributed by atoms with Crippen LogP contribution in [0.3, 0.4) is 0 Å². The highest BCUT2D eigenvalue weighted by Gasteiger charge is 2.23. The molecule has 7 heteroatoms. The van der Waals surface area contributed by atoms with Crippen molar-refractivity contribution >= 4 is 21.6 Å². The van der Waals surface area contributed by atoms with E-state index in [-0.39, 0.29) is 11.9 Å². The van der Waals surface area contributed by atoms with Gasteiger partial charge in [-0.05, 0) is 38.5 Å². The largest absolute Gasteiger partial charge is 0.308 e. The Labute approximate surface area is 124 Å². The lowest BCUT2D eigenvalue weighted by atomic mass is 10.0. The van der Waals surface area contributed by atoms with E-state index in [2.05, 4.69) is 10.0 Å². The van der Waals surface area contributed by atoms with Gasteiger partial charge >= 0.3 is 0 Å². The summed E-state index contributed by atoms with van der Waals surface area (Å²) in [5.74, 6) is -0.384. The predicted octanol–water partition coefficient (Wildman–Crippen LogP) is 2.46. The maximum absolute atomic E-state index is 13.0. The second-order valence-electron chi connectivity index (χ2n) is 5.53. The molecule has 1 rings (SSSR count). The fourth-order valence-corrected chi connectivity index (χ4v) is 3.32. The van der Waals surface area contributed by atoms with Gasteiger partial charge in [-0.15, -0.1) is 0 Å².